The minimum Gasteiger partial charge on any atom is -0.367 e. The highest BCUT2D eigenvalue weighted by atomic mass is 79.9. The number of alkyl halides is 1. The van der Waals surface area contributed by atoms with Gasteiger partial charge >= 0.3 is 0 Å². The molecule has 1 aromatic rings. The monoisotopic (exact) mass is 256 g/mol. The van der Waals surface area contributed by atoms with Gasteiger partial charge in [0, 0.05) is 5.33 Å². The third-order valence-corrected chi connectivity index (χ3v) is 3.44. The lowest BCUT2D eigenvalue weighted by atomic mass is 10.1. The van der Waals surface area contributed by atoms with Crippen molar-refractivity contribution < 1.29 is 4.74 Å². The van der Waals surface area contributed by atoms with Crippen LogP contribution in [0.15, 0.2) is 30.3 Å². The maximum absolute atomic E-state index is 5.93. The van der Waals surface area contributed by atoms with Crippen molar-refractivity contribution in [1.82, 2.24) is 0 Å². The standard InChI is InChI=1S/C12H17BrO/c1-10(14-12(2,3)9-13)11-7-5-4-6-8-11/h4-8,10H,9H2,1-3H3. The van der Waals surface area contributed by atoms with E-state index in [0.29, 0.717) is 0 Å². The molecule has 0 saturated carbocycles. The maximum Gasteiger partial charge on any atom is 0.0804 e. The van der Waals surface area contributed by atoms with E-state index >= 15 is 0 Å². The third kappa shape index (κ3) is 3.43. The highest BCUT2D eigenvalue weighted by molar-refractivity contribution is 9.09. The number of hydrogen-bond donors (Lipinski definition) is 0. The van der Waals surface area contributed by atoms with Crippen LogP contribution in [-0.2, 0) is 4.74 Å². The molecule has 0 fully saturated rings. The first kappa shape index (κ1) is 11.7. The fraction of sp³-hybridized carbons (Fsp3) is 0.500. The van der Waals surface area contributed by atoms with Crippen LogP contribution in [0.25, 0.3) is 0 Å². The van der Waals surface area contributed by atoms with Crippen LogP contribution in [0, 0.1) is 0 Å². The predicted molar refractivity (Wildman–Crippen MR) is 63.8 cm³/mol. The van der Waals surface area contributed by atoms with Gasteiger partial charge in [0.25, 0.3) is 0 Å². The van der Waals surface area contributed by atoms with Crippen molar-refractivity contribution in [3.8, 4) is 0 Å². The molecule has 14 heavy (non-hydrogen) atoms. The molecule has 1 unspecified atom stereocenters. The largest absolute Gasteiger partial charge is 0.367 e. The molecule has 1 rings (SSSR count). The smallest absolute Gasteiger partial charge is 0.0804 e. The number of benzene rings is 1. The Labute approximate surface area is 94.6 Å². The first-order chi connectivity index (χ1) is 6.55. The summed E-state index contributed by atoms with van der Waals surface area (Å²) < 4.78 is 5.93. The fourth-order valence-corrected chi connectivity index (χ4v) is 1.43. The second-order valence-corrected chi connectivity index (χ2v) is 4.62. The van der Waals surface area contributed by atoms with E-state index in [9.17, 15) is 0 Å². The van der Waals surface area contributed by atoms with E-state index in [1.807, 2.05) is 18.2 Å². The second-order valence-electron chi connectivity index (χ2n) is 4.06. The lowest BCUT2D eigenvalue weighted by molar-refractivity contribution is -0.0489. The molecule has 1 nitrogen and oxygen atoms in total. The highest BCUT2D eigenvalue weighted by Gasteiger charge is 2.20. The van der Waals surface area contributed by atoms with Gasteiger partial charge < -0.3 is 4.74 Å². The Balaban J connectivity index is 2.64. The summed E-state index contributed by atoms with van der Waals surface area (Å²) in [7, 11) is 0. The van der Waals surface area contributed by atoms with Crippen LogP contribution in [0.2, 0.25) is 0 Å². The van der Waals surface area contributed by atoms with Crippen molar-refractivity contribution in [2.75, 3.05) is 5.33 Å². The zero-order chi connectivity index (χ0) is 10.6. The number of rotatable bonds is 4. The van der Waals surface area contributed by atoms with Gasteiger partial charge in [-0.15, -0.1) is 0 Å². The number of hydrogen-bond acceptors (Lipinski definition) is 1. The van der Waals surface area contributed by atoms with Crippen LogP contribution in [0.4, 0.5) is 0 Å². The van der Waals surface area contributed by atoms with Crippen LogP contribution < -0.4 is 0 Å². The van der Waals surface area contributed by atoms with Gasteiger partial charge in [-0.25, -0.2) is 0 Å². The molecular weight excluding hydrogens is 240 g/mol. The van der Waals surface area contributed by atoms with E-state index in [4.69, 9.17) is 4.74 Å². The predicted octanol–water partition coefficient (Wildman–Crippen LogP) is 3.94. The van der Waals surface area contributed by atoms with Crippen LogP contribution in [0.5, 0.6) is 0 Å². The molecule has 1 atom stereocenters. The van der Waals surface area contributed by atoms with Crippen molar-refractivity contribution in [3.63, 3.8) is 0 Å². The van der Waals surface area contributed by atoms with Crippen molar-refractivity contribution in [2.24, 2.45) is 0 Å². The van der Waals surface area contributed by atoms with Crippen LogP contribution in [0.1, 0.15) is 32.4 Å². The topological polar surface area (TPSA) is 9.23 Å². The number of halogens is 1. The summed E-state index contributed by atoms with van der Waals surface area (Å²) in [4.78, 5) is 0. The van der Waals surface area contributed by atoms with Crippen molar-refractivity contribution in [1.29, 1.82) is 0 Å². The highest BCUT2D eigenvalue weighted by Crippen LogP contribution is 2.24. The Morgan fingerprint density at radius 3 is 2.36 bits per heavy atom. The van der Waals surface area contributed by atoms with Crippen molar-refractivity contribution in [2.45, 2.75) is 32.5 Å². The van der Waals surface area contributed by atoms with Gasteiger partial charge in [0.2, 0.25) is 0 Å². The van der Waals surface area contributed by atoms with Crippen molar-refractivity contribution >= 4 is 15.9 Å². The summed E-state index contributed by atoms with van der Waals surface area (Å²) in [6.45, 7) is 6.25. The Morgan fingerprint density at radius 1 is 1.29 bits per heavy atom. The Kier molecular flexibility index (Phi) is 4.14. The molecule has 1 aromatic carbocycles. The van der Waals surface area contributed by atoms with E-state index in [1.165, 1.54) is 5.56 Å². The summed E-state index contributed by atoms with van der Waals surface area (Å²) in [6.07, 6.45) is 0.142. The van der Waals surface area contributed by atoms with E-state index < -0.39 is 0 Å². The van der Waals surface area contributed by atoms with Gasteiger partial charge in [0.15, 0.2) is 0 Å². The molecule has 0 aliphatic heterocycles. The fourth-order valence-electron chi connectivity index (χ4n) is 1.30. The summed E-state index contributed by atoms with van der Waals surface area (Å²) in [6, 6.07) is 10.3. The SMILES string of the molecule is CC(OC(C)(C)CBr)c1ccccc1. The minimum absolute atomic E-state index is 0.116. The molecule has 0 aliphatic rings. The lowest BCUT2D eigenvalue weighted by Crippen LogP contribution is -2.27. The van der Waals surface area contributed by atoms with E-state index in [0.717, 1.165) is 5.33 Å². The molecular formula is C12H17BrO. The van der Waals surface area contributed by atoms with E-state index in [-0.39, 0.29) is 11.7 Å². The van der Waals surface area contributed by atoms with E-state index in [1.54, 1.807) is 0 Å². The number of ether oxygens (including phenoxy) is 1. The molecule has 0 N–H and O–H groups in total. The van der Waals surface area contributed by atoms with Gasteiger partial charge in [-0.2, -0.15) is 0 Å². The summed E-state index contributed by atoms with van der Waals surface area (Å²) in [5.74, 6) is 0. The van der Waals surface area contributed by atoms with Crippen LogP contribution in [-0.4, -0.2) is 10.9 Å². The minimum atomic E-state index is -0.116. The quantitative estimate of drug-likeness (QED) is 0.742. The van der Waals surface area contributed by atoms with E-state index in [2.05, 4.69) is 48.8 Å². The third-order valence-electron chi connectivity index (χ3n) is 2.09. The lowest BCUT2D eigenvalue weighted by Gasteiger charge is -2.27. The zero-order valence-corrected chi connectivity index (χ0v) is 10.5. The zero-order valence-electron chi connectivity index (χ0n) is 8.96. The Hall–Kier alpha value is -0.340. The van der Waals surface area contributed by atoms with Gasteiger partial charge in [-0.05, 0) is 26.3 Å². The molecule has 0 saturated heterocycles. The van der Waals surface area contributed by atoms with Gasteiger partial charge in [0.1, 0.15) is 0 Å². The average Bonchev–Trinajstić information content (AvgIpc) is 2.19. The summed E-state index contributed by atoms with van der Waals surface area (Å²) in [5.41, 5.74) is 1.11. The Morgan fingerprint density at radius 2 is 1.86 bits per heavy atom. The molecule has 0 heterocycles. The average molecular weight is 257 g/mol. The van der Waals surface area contributed by atoms with Gasteiger partial charge in [-0.1, -0.05) is 46.3 Å². The van der Waals surface area contributed by atoms with Crippen LogP contribution >= 0.6 is 15.9 Å². The molecule has 0 radical (unpaired) electrons. The molecule has 0 aliphatic carbocycles. The van der Waals surface area contributed by atoms with Gasteiger partial charge in [-0.3, -0.25) is 0 Å². The molecule has 78 valence electrons. The summed E-state index contributed by atoms with van der Waals surface area (Å²) in [5, 5.41) is 0.844. The van der Waals surface area contributed by atoms with Gasteiger partial charge in [0.05, 0.1) is 11.7 Å². The molecule has 2 heteroatoms. The van der Waals surface area contributed by atoms with Crippen molar-refractivity contribution in [3.05, 3.63) is 35.9 Å². The molecule has 0 spiro atoms. The molecule has 0 bridgehead atoms. The van der Waals surface area contributed by atoms with Crippen LogP contribution in [0.3, 0.4) is 0 Å². The first-order valence-electron chi connectivity index (χ1n) is 4.84. The molecule has 0 amide bonds. The molecule has 0 aromatic heterocycles. The Bertz CT molecular complexity index is 269. The summed E-state index contributed by atoms with van der Waals surface area (Å²) >= 11 is 3.45. The maximum atomic E-state index is 5.93. The first-order valence-corrected chi connectivity index (χ1v) is 5.96. The normalized spacial score (nSPS) is 14.0. The second kappa shape index (κ2) is 4.94.